The normalized spacial score (nSPS) is 14.7. The molecule has 3 rings (SSSR count). The predicted molar refractivity (Wildman–Crippen MR) is 86.6 cm³/mol. The van der Waals surface area contributed by atoms with Crippen molar-refractivity contribution in [2.75, 3.05) is 0 Å². The van der Waals surface area contributed by atoms with Gasteiger partial charge in [0.1, 0.15) is 5.50 Å². The molecule has 2 amide bonds. The minimum Gasteiger partial charge on any atom is -0.294 e. The smallest absolute Gasteiger partial charge is 0.262 e. The lowest BCUT2D eigenvalue weighted by Crippen LogP contribution is -2.36. The molecule has 1 aliphatic rings. The first-order chi connectivity index (χ1) is 11.1. The van der Waals surface area contributed by atoms with Gasteiger partial charge in [0.05, 0.1) is 11.1 Å². The zero-order valence-electron chi connectivity index (χ0n) is 12.2. The molecule has 0 fully saturated rings. The maximum Gasteiger partial charge on any atom is 0.262 e. The van der Waals surface area contributed by atoms with Gasteiger partial charge in [0.15, 0.2) is 5.78 Å². The molecular formula is C18H14ClNO3. The molecule has 0 spiro atoms. The van der Waals surface area contributed by atoms with Crippen molar-refractivity contribution < 1.29 is 14.4 Å². The average molecular weight is 328 g/mol. The molecule has 1 heterocycles. The van der Waals surface area contributed by atoms with Crippen LogP contribution in [0, 0.1) is 0 Å². The Balaban J connectivity index is 1.68. The Bertz CT molecular complexity index is 738. The van der Waals surface area contributed by atoms with Crippen LogP contribution in [0.4, 0.5) is 0 Å². The molecule has 0 saturated carbocycles. The number of rotatable bonds is 5. The van der Waals surface area contributed by atoms with Crippen LogP contribution in [0.25, 0.3) is 0 Å². The summed E-state index contributed by atoms with van der Waals surface area (Å²) in [5.41, 5.74) is 0.476. The van der Waals surface area contributed by atoms with Crippen molar-refractivity contribution >= 4 is 29.2 Å². The summed E-state index contributed by atoms with van der Waals surface area (Å²) in [6.45, 7) is 0. The van der Waals surface area contributed by atoms with Gasteiger partial charge < -0.3 is 0 Å². The average Bonchev–Trinajstić information content (AvgIpc) is 2.85. The first-order valence-corrected chi connectivity index (χ1v) is 7.72. The zero-order valence-corrected chi connectivity index (χ0v) is 13.0. The summed E-state index contributed by atoms with van der Waals surface area (Å²) in [6, 6.07) is 15.5. The molecule has 0 radical (unpaired) electrons. The second-order valence-electron chi connectivity index (χ2n) is 5.29. The maximum atomic E-state index is 12.3. The summed E-state index contributed by atoms with van der Waals surface area (Å²) < 4.78 is 0. The first kappa shape index (κ1) is 15.4. The topological polar surface area (TPSA) is 54.5 Å². The molecule has 23 heavy (non-hydrogen) atoms. The summed E-state index contributed by atoms with van der Waals surface area (Å²) in [6.07, 6.45) is 0.395. The fraction of sp³-hybridized carbons (Fsp3) is 0.167. The Morgan fingerprint density at radius 2 is 1.43 bits per heavy atom. The number of Topliss-reactive ketones (excluding diaryl/α,β-unsaturated/α-hetero) is 1. The van der Waals surface area contributed by atoms with E-state index in [-0.39, 0.29) is 18.6 Å². The summed E-state index contributed by atoms with van der Waals surface area (Å²) in [7, 11) is 0. The Morgan fingerprint density at radius 1 is 0.913 bits per heavy atom. The number of ketones is 1. The third-order valence-corrected chi connectivity index (χ3v) is 4.22. The van der Waals surface area contributed by atoms with Gasteiger partial charge in [0.2, 0.25) is 0 Å². The highest BCUT2D eigenvalue weighted by Crippen LogP contribution is 2.27. The quantitative estimate of drug-likeness (QED) is 0.365. The molecule has 1 aliphatic heterocycles. The Labute approximate surface area is 138 Å². The first-order valence-electron chi connectivity index (χ1n) is 7.29. The van der Waals surface area contributed by atoms with Crippen LogP contribution < -0.4 is 0 Å². The van der Waals surface area contributed by atoms with E-state index < -0.39 is 17.3 Å². The number of imide groups is 1. The number of amides is 2. The van der Waals surface area contributed by atoms with Crippen LogP contribution in [0.15, 0.2) is 54.6 Å². The van der Waals surface area contributed by atoms with Gasteiger partial charge in [-0.2, -0.15) is 0 Å². The molecule has 2 aromatic rings. The number of hydrogen-bond acceptors (Lipinski definition) is 3. The fourth-order valence-electron chi connectivity index (χ4n) is 2.61. The third-order valence-electron chi connectivity index (χ3n) is 3.81. The predicted octanol–water partition coefficient (Wildman–Crippen LogP) is 3.51. The molecule has 4 nitrogen and oxygen atoms in total. The molecule has 5 heteroatoms. The highest BCUT2D eigenvalue weighted by molar-refractivity contribution is 6.28. The third kappa shape index (κ3) is 2.90. The van der Waals surface area contributed by atoms with Gasteiger partial charge in [-0.1, -0.05) is 54.1 Å². The van der Waals surface area contributed by atoms with Crippen molar-refractivity contribution in [2.45, 2.75) is 18.3 Å². The van der Waals surface area contributed by atoms with E-state index >= 15 is 0 Å². The molecular weight excluding hydrogens is 314 g/mol. The Kier molecular flexibility index (Phi) is 4.26. The number of halogens is 1. The van der Waals surface area contributed by atoms with E-state index in [1.807, 2.05) is 6.07 Å². The van der Waals surface area contributed by atoms with Crippen molar-refractivity contribution in [3.63, 3.8) is 0 Å². The summed E-state index contributed by atoms with van der Waals surface area (Å²) in [5, 5.41) is 0. The maximum absolute atomic E-state index is 12.3. The fourth-order valence-corrected chi connectivity index (χ4v) is 2.90. The SMILES string of the molecule is O=C(CCC(Cl)N1C(=O)c2ccccc2C1=O)c1ccccc1. The van der Waals surface area contributed by atoms with Crippen LogP contribution in [-0.2, 0) is 0 Å². The van der Waals surface area contributed by atoms with Crippen molar-refractivity contribution in [3.05, 3.63) is 71.3 Å². The Morgan fingerprint density at radius 3 is 2.00 bits per heavy atom. The Hall–Kier alpha value is -2.46. The molecule has 0 saturated heterocycles. The van der Waals surface area contributed by atoms with Crippen LogP contribution in [-0.4, -0.2) is 28.0 Å². The molecule has 116 valence electrons. The van der Waals surface area contributed by atoms with E-state index in [2.05, 4.69) is 0 Å². The lowest BCUT2D eigenvalue weighted by Gasteiger charge is -2.20. The second-order valence-corrected chi connectivity index (χ2v) is 5.79. The van der Waals surface area contributed by atoms with E-state index in [4.69, 9.17) is 11.6 Å². The van der Waals surface area contributed by atoms with E-state index in [9.17, 15) is 14.4 Å². The highest BCUT2D eigenvalue weighted by Gasteiger charge is 2.39. The summed E-state index contributed by atoms with van der Waals surface area (Å²) in [5.74, 6) is -0.872. The van der Waals surface area contributed by atoms with Crippen LogP contribution in [0.5, 0.6) is 0 Å². The minimum absolute atomic E-state index is 0.0622. The van der Waals surface area contributed by atoms with Gasteiger partial charge in [0.25, 0.3) is 11.8 Å². The summed E-state index contributed by atoms with van der Waals surface area (Å²) in [4.78, 5) is 37.7. The van der Waals surface area contributed by atoms with Crippen LogP contribution in [0.2, 0.25) is 0 Å². The number of carbonyl (C=O) groups is 3. The molecule has 1 unspecified atom stereocenters. The van der Waals surface area contributed by atoms with E-state index in [1.54, 1.807) is 48.5 Å². The second kappa shape index (κ2) is 6.34. The minimum atomic E-state index is -0.838. The molecule has 2 aromatic carbocycles. The van der Waals surface area contributed by atoms with Crippen molar-refractivity contribution in [3.8, 4) is 0 Å². The number of hydrogen-bond donors (Lipinski definition) is 0. The van der Waals surface area contributed by atoms with Gasteiger partial charge in [-0.05, 0) is 18.6 Å². The standard InChI is InChI=1S/C18H14ClNO3/c19-16(11-10-15(21)12-6-2-1-3-7-12)20-17(22)13-8-4-5-9-14(13)18(20)23/h1-9,16H,10-11H2. The lowest BCUT2D eigenvalue weighted by molar-refractivity contribution is 0.0623. The van der Waals surface area contributed by atoms with Gasteiger partial charge in [-0.3, -0.25) is 19.3 Å². The van der Waals surface area contributed by atoms with E-state index in [1.165, 1.54) is 0 Å². The van der Waals surface area contributed by atoms with Gasteiger partial charge in [-0.15, -0.1) is 0 Å². The monoisotopic (exact) mass is 327 g/mol. The molecule has 1 atom stereocenters. The molecule has 0 aromatic heterocycles. The van der Waals surface area contributed by atoms with Gasteiger partial charge in [0, 0.05) is 12.0 Å². The van der Waals surface area contributed by atoms with E-state index in [0.717, 1.165) is 4.90 Å². The van der Waals surface area contributed by atoms with Gasteiger partial charge in [-0.25, -0.2) is 0 Å². The number of nitrogens with zero attached hydrogens (tertiary/aromatic N) is 1. The van der Waals surface area contributed by atoms with Crippen LogP contribution in [0.3, 0.4) is 0 Å². The lowest BCUT2D eigenvalue weighted by atomic mass is 10.1. The number of benzene rings is 2. The van der Waals surface area contributed by atoms with Crippen LogP contribution in [0.1, 0.15) is 43.9 Å². The zero-order chi connectivity index (χ0) is 16.4. The number of fused-ring (bicyclic) bond motifs is 1. The number of carbonyl (C=O) groups excluding carboxylic acids is 3. The van der Waals surface area contributed by atoms with Crippen LogP contribution >= 0.6 is 11.6 Å². The van der Waals surface area contributed by atoms with Crippen molar-refractivity contribution in [1.82, 2.24) is 4.90 Å². The summed E-state index contributed by atoms with van der Waals surface area (Å²) >= 11 is 6.23. The van der Waals surface area contributed by atoms with E-state index in [0.29, 0.717) is 16.7 Å². The highest BCUT2D eigenvalue weighted by atomic mass is 35.5. The molecule has 0 N–H and O–H groups in total. The largest absolute Gasteiger partial charge is 0.294 e. The van der Waals surface area contributed by atoms with Crippen molar-refractivity contribution in [1.29, 1.82) is 0 Å². The van der Waals surface area contributed by atoms with Crippen molar-refractivity contribution in [2.24, 2.45) is 0 Å². The molecule has 0 aliphatic carbocycles. The number of alkyl halides is 1. The van der Waals surface area contributed by atoms with Gasteiger partial charge >= 0.3 is 0 Å². The molecule has 0 bridgehead atoms.